The van der Waals surface area contributed by atoms with Crippen LogP contribution in [0.15, 0.2) is 24.8 Å². The zero-order valence-corrected chi connectivity index (χ0v) is 8.40. The number of hydrogen-bond acceptors (Lipinski definition) is 0. The number of hydrogen-bond donors (Lipinski definition) is 0. The lowest BCUT2D eigenvalue weighted by Crippen LogP contribution is -1.70. The molecule has 0 aromatic rings. The van der Waals surface area contributed by atoms with Crippen molar-refractivity contribution in [2.75, 3.05) is 5.88 Å². The molecule has 66 valence electrons. The first kappa shape index (κ1) is 13.4. The van der Waals surface area contributed by atoms with E-state index >= 15 is 0 Å². The fourth-order valence-electron chi connectivity index (χ4n) is 0.481. The van der Waals surface area contributed by atoms with Crippen molar-refractivity contribution in [3.05, 3.63) is 24.8 Å². The van der Waals surface area contributed by atoms with E-state index in [1.54, 1.807) is 6.08 Å². The number of rotatable bonds is 4. The average molecular weight is 175 g/mol. The minimum Gasteiger partial charge on any atom is -0.127 e. The number of allylic oxidation sites excluding steroid dienone is 3. The van der Waals surface area contributed by atoms with Gasteiger partial charge >= 0.3 is 0 Å². The normalized spacial score (nSPS) is 9.00. The molecule has 0 saturated heterocycles. The Morgan fingerprint density at radius 3 is 2.09 bits per heavy atom. The topological polar surface area (TPSA) is 0 Å². The van der Waals surface area contributed by atoms with Crippen molar-refractivity contribution in [3.63, 3.8) is 0 Å². The molecule has 0 unspecified atom stereocenters. The molecule has 0 rings (SSSR count). The SMILES string of the molecule is C=C/C=C/C.CCCCCCl. The Kier molecular flexibility index (Phi) is 19.9. The zero-order valence-electron chi connectivity index (χ0n) is 7.65. The van der Waals surface area contributed by atoms with Gasteiger partial charge in [-0.15, -0.1) is 11.6 Å². The van der Waals surface area contributed by atoms with E-state index in [1.165, 1.54) is 19.3 Å². The van der Waals surface area contributed by atoms with Crippen LogP contribution in [-0.4, -0.2) is 5.88 Å². The average Bonchev–Trinajstić information content (AvgIpc) is 2.04. The van der Waals surface area contributed by atoms with Crippen LogP contribution in [-0.2, 0) is 0 Å². The zero-order chi connectivity index (χ0) is 8.95. The fourth-order valence-corrected chi connectivity index (χ4v) is 0.670. The van der Waals surface area contributed by atoms with Crippen molar-refractivity contribution in [2.24, 2.45) is 0 Å². The second kappa shape index (κ2) is 16.4. The van der Waals surface area contributed by atoms with Gasteiger partial charge in [-0.05, 0) is 13.3 Å². The minimum absolute atomic E-state index is 0.827. The summed E-state index contributed by atoms with van der Waals surface area (Å²) in [6.07, 6.45) is 9.31. The van der Waals surface area contributed by atoms with Crippen LogP contribution in [0.2, 0.25) is 0 Å². The highest BCUT2D eigenvalue weighted by Crippen LogP contribution is 1.93. The van der Waals surface area contributed by atoms with E-state index < -0.39 is 0 Å². The van der Waals surface area contributed by atoms with E-state index in [0.717, 1.165) is 5.88 Å². The van der Waals surface area contributed by atoms with Gasteiger partial charge in [0.1, 0.15) is 0 Å². The molecule has 0 bridgehead atoms. The maximum absolute atomic E-state index is 5.38. The molecule has 11 heavy (non-hydrogen) atoms. The molecule has 0 spiro atoms. The lowest BCUT2D eigenvalue weighted by molar-refractivity contribution is 0.776. The molecular weight excluding hydrogens is 156 g/mol. The van der Waals surface area contributed by atoms with Crippen LogP contribution in [0.25, 0.3) is 0 Å². The van der Waals surface area contributed by atoms with Crippen LogP contribution in [0.1, 0.15) is 33.1 Å². The molecule has 0 amide bonds. The first-order valence-corrected chi connectivity index (χ1v) is 4.66. The second-order valence-corrected chi connectivity index (χ2v) is 2.54. The third-order valence-electron chi connectivity index (χ3n) is 1.07. The summed E-state index contributed by atoms with van der Waals surface area (Å²) in [7, 11) is 0. The van der Waals surface area contributed by atoms with Gasteiger partial charge in [-0.2, -0.15) is 0 Å². The first-order chi connectivity index (χ1) is 5.33. The summed E-state index contributed by atoms with van der Waals surface area (Å²) in [5, 5.41) is 0. The molecular formula is C10H19Cl. The Morgan fingerprint density at radius 1 is 1.36 bits per heavy atom. The quantitative estimate of drug-likeness (QED) is 0.341. The Bertz CT molecular complexity index is 80.9. The predicted molar refractivity (Wildman–Crippen MR) is 55.3 cm³/mol. The number of halogens is 1. The lowest BCUT2D eigenvalue weighted by atomic mass is 10.3. The summed E-state index contributed by atoms with van der Waals surface area (Å²) in [5.74, 6) is 0.827. The Morgan fingerprint density at radius 2 is 2.00 bits per heavy atom. The smallest absolute Gasteiger partial charge is 0.0223 e. The maximum Gasteiger partial charge on any atom is 0.0223 e. The number of unbranched alkanes of at least 4 members (excludes halogenated alkanes) is 2. The molecule has 0 N–H and O–H groups in total. The fraction of sp³-hybridized carbons (Fsp3) is 0.600. The van der Waals surface area contributed by atoms with E-state index in [9.17, 15) is 0 Å². The van der Waals surface area contributed by atoms with Crippen LogP contribution in [0.4, 0.5) is 0 Å². The van der Waals surface area contributed by atoms with Gasteiger partial charge in [0.15, 0.2) is 0 Å². The summed E-state index contributed by atoms with van der Waals surface area (Å²) in [5.41, 5.74) is 0. The molecule has 0 aliphatic carbocycles. The van der Waals surface area contributed by atoms with E-state index in [-0.39, 0.29) is 0 Å². The molecule has 1 heteroatoms. The summed E-state index contributed by atoms with van der Waals surface area (Å²) >= 11 is 5.38. The molecule has 0 aliphatic heterocycles. The largest absolute Gasteiger partial charge is 0.127 e. The molecule has 0 aliphatic rings. The Labute approximate surface area is 76.0 Å². The van der Waals surface area contributed by atoms with Crippen molar-refractivity contribution >= 4 is 11.6 Å². The second-order valence-electron chi connectivity index (χ2n) is 2.16. The molecule has 0 aromatic heterocycles. The van der Waals surface area contributed by atoms with Gasteiger partial charge in [-0.3, -0.25) is 0 Å². The van der Waals surface area contributed by atoms with Crippen LogP contribution < -0.4 is 0 Å². The highest BCUT2D eigenvalue weighted by Gasteiger charge is 1.76. The van der Waals surface area contributed by atoms with Crippen molar-refractivity contribution < 1.29 is 0 Å². The van der Waals surface area contributed by atoms with Gasteiger partial charge in [0.2, 0.25) is 0 Å². The third kappa shape index (κ3) is 25.9. The van der Waals surface area contributed by atoms with Crippen molar-refractivity contribution in [1.82, 2.24) is 0 Å². The van der Waals surface area contributed by atoms with E-state index in [4.69, 9.17) is 11.6 Å². The highest BCUT2D eigenvalue weighted by atomic mass is 35.5. The Hall–Kier alpha value is -0.230. The van der Waals surface area contributed by atoms with Crippen molar-refractivity contribution in [2.45, 2.75) is 33.1 Å². The highest BCUT2D eigenvalue weighted by molar-refractivity contribution is 6.17. The molecule has 0 nitrogen and oxygen atoms in total. The molecule has 0 radical (unpaired) electrons. The van der Waals surface area contributed by atoms with E-state index in [0.29, 0.717) is 0 Å². The molecule has 0 saturated carbocycles. The van der Waals surface area contributed by atoms with Gasteiger partial charge in [-0.1, -0.05) is 44.6 Å². The lowest BCUT2D eigenvalue weighted by Gasteiger charge is -1.84. The van der Waals surface area contributed by atoms with E-state index in [2.05, 4.69) is 13.5 Å². The molecule has 0 heterocycles. The molecule has 0 aromatic carbocycles. The van der Waals surface area contributed by atoms with Crippen molar-refractivity contribution in [1.29, 1.82) is 0 Å². The summed E-state index contributed by atoms with van der Waals surface area (Å²) in [6, 6.07) is 0. The summed E-state index contributed by atoms with van der Waals surface area (Å²) in [4.78, 5) is 0. The van der Waals surface area contributed by atoms with E-state index in [1.807, 2.05) is 19.1 Å². The monoisotopic (exact) mass is 174 g/mol. The molecule has 0 fully saturated rings. The standard InChI is InChI=1S/C5H11Cl.C5H8/c1-2-3-4-5-6;1-3-5-4-2/h2-5H2,1H3;3-5H,1H2,2H3/b;5-4+. The Balaban J connectivity index is 0. The third-order valence-corrected chi connectivity index (χ3v) is 1.33. The van der Waals surface area contributed by atoms with Gasteiger partial charge in [0, 0.05) is 5.88 Å². The van der Waals surface area contributed by atoms with Crippen LogP contribution in [0.3, 0.4) is 0 Å². The van der Waals surface area contributed by atoms with Crippen molar-refractivity contribution in [3.8, 4) is 0 Å². The van der Waals surface area contributed by atoms with Gasteiger partial charge < -0.3 is 0 Å². The molecule has 0 atom stereocenters. The summed E-state index contributed by atoms with van der Waals surface area (Å²) in [6.45, 7) is 7.60. The number of alkyl halides is 1. The van der Waals surface area contributed by atoms with Gasteiger partial charge in [-0.25, -0.2) is 0 Å². The minimum atomic E-state index is 0.827. The first-order valence-electron chi connectivity index (χ1n) is 4.13. The van der Waals surface area contributed by atoms with Gasteiger partial charge in [0.05, 0.1) is 0 Å². The van der Waals surface area contributed by atoms with Crippen LogP contribution in [0.5, 0.6) is 0 Å². The van der Waals surface area contributed by atoms with Crippen LogP contribution >= 0.6 is 11.6 Å². The van der Waals surface area contributed by atoms with Crippen LogP contribution in [0, 0.1) is 0 Å². The summed E-state index contributed by atoms with van der Waals surface area (Å²) < 4.78 is 0. The maximum atomic E-state index is 5.38. The predicted octanol–water partition coefficient (Wildman–Crippen LogP) is 4.16. The van der Waals surface area contributed by atoms with Gasteiger partial charge in [0.25, 0.3) is 0 Å².